The Morgan fingerprint density at radius 1 is 1.05 bits per heavy atom. The van der Waals surface area contributed by atoms with Crippen molar-refractivity contribution in [2.45, 2.75) is 25.5 Å². The maximum absolute atomic E-state index is 15.3. The molecular formula is C29H27FN8O2. The molecule has 40 heavy (non-hydrogen) atoms. The lowest BCUT2D eigenvalue weighted by Gasteiger charge is -2.37. The summed E-state index contributed by atoms with van der Waals surface area (Å²) in [6.07, 6.45) is 1.99. The summed E-state index contributed by atoms with van der Waals surface area (Å²) in [7, 11) is 1.71. The van der Waals surface area contributed by atoms with Gasteiger partial charge in [-0.1, -0.05) is 24.3 Å². The molecule has 5 aromatic rings. The Hall–Kier alpha value is -4.64. The van der Waals surface area contributed by atoms with Crippen molar-refractivity contribution < 1.29 is 14.3 Å². The number of hydrogen-bond donors (Lipinski definition) is 1. The van der Waals surface area contributed by atoms with Gasteiger partial charge in [-0.2, -0.15) is 20.1 Å². The van der Waals surface area contributed by atoms with Gasteiger partial charge in [-0.25, -0.2) is 13.9 Å². The van der Waals surface area contributed by atoms with Crippen molar-refractivity contribution in [1.82, 2.24) is 34.5 Å². The molecule has 11 heteroatoms. The van der Waals surface area contributed by atoms with Crippen LogP contribution in [0.3, 0.4) is 0 Å². The number of aryl methyl sites for hydroxylation is 1. The van der Waals surface area contributed by atoms with E-state index in [1.165, 1.54) is 16.4 Å². The molecule has 1 amide bonds. The normalized spacial score (nSPS) is 17.2. The zero-order valence-corrected chi connectivity index (χ0v) is 22.1. The number of halogens is 1. The maximum Gasteiger partial charge on any atom is 0.273 e. The van der Waals surface area contributed by atoms with E-state index in [9.17, 15) is 9.90 Å². The number of aliphatic hydroxyl groups excluding tert-OH is 1. The van der Waals surface area contributed by atoms with Crippen LogP contribution in [-0.2, 0) is 13.5 Å². The summed E-state index contributed by atoms with van der Waals surface area (Å²) in [5.74, 6) is -0.620. The van der Waals surface area contributed by atoms with E-state index in [0.29, 0.717) is 53.6 Å². The number of nitrogens with zero attached hydrogens (tertiary/aromatic N) is 8. The van der Waals surface area contributed by atoms with Crippen molar-refractivity contribution >= 4 is 17.2 Å². The zero-order valence-electron chi connectivity index (χ0n) is 22.1. The van der Waals surface area contributed by atoms with Gasteiger partial charge in [-0.05, 0) is 48.7 Å². The van der Waals surface area contributed by atoms with Crippen LogP contribution in [0.25, 0.3) is 28.3 Å². The molecule has 202 valence electrons. The van der Waals surface area contributed by atoms with E-state index in [2.05, 4.69) is 32.4 Å². The number of hydrogen-bond acceptors (Lipinski definition) is 7. The molecule has 1 atom stereocenters. The third-order valence-corrected chi connectivity index (χ3v) is 7.82. The number of fused-ring (bicyclic) bond motifs is 2. The van der Waals surface area contributed by atoms with Crippen LogP contribution in [0.1, 0.15) is 34.6 Å². The van der Waals surface area contributed by atoms with Crippen molar-refractivity contribution in [3.05, 3.63) is 83.4 Å². The average Bonchev–Trinajstić information content (AvgIpc) is 3.57. The molecule has 1 fully saturated rings. The van der Waals surface area contributed by atoms with Crippen LogP contribution in [-0.4, -0.2) is 71.2 Å². The first-order chi connectivity index (χ1) is 19.4. The molecule has 0 spiro atoms. The fraction of sp³-hybridized carbons (Fsp3) is 0.276. The quantitative estimate of drug-likeness (QED) is 0.375. The Morgan fingerprint density at radius 2 is 1.88 bits per heavy atom. The van der Waals surface area contributed by atoms with Crippen LogP contribution in [0.15, 0.2) is 60.8 Å². The first-order valence-corrected chi connectivity index (χ1v) is 13.2. The molecule has 0 saturated carbocycles. The number of carbonyl (C=O) groups excluding carboxylic acids is 1. The lowest BCUT2D eigenvalue weighted by Crippen LogP contribution is -2.50. The van der Waals surface area contributed by atoms with Gasteiger partial charge in [0.25, 0.3) is 5.91 Å². The van der Waals surface area contributed by atoms with Crippen molar-refractivity contribution in [2.24, 2.45) is 7.05 Å². The van der Waals surface area contributed by atoms with Gasteiger partial charge < -0.3 is 14.9 Å². The lowest BCUT2D eigenvalue weighted by atomic mass is 9.93. The molecule has 2 aromatic carbocycles. The molecule has 0 unspecified atom stereocenters. The number of carbonyl (C=O) groups is 1. The van der Waals surface area contributed by atoms with Crippen molar-refractivity contribution in [1.29, 1.82) is 0 Å². The second-order valence-electron chi connectivity index (χ2n) is 10.4. The molecule has 3 aromatic heterocycles. The van der Waals surface area contributed by atoms with Crippen molar-refractivity contribution in [3.63, 3.8) is 0 Å². The molecule has 5 heterocycles. The maximum atomic E-state index is 15.3. The summed E-state index contributed by atoms with van der Waals surface area (Å²) in [6, 6.07) is 16.4. The highest BCUT2D eigenvalue weighted by molar-refractivity contribution is 5.94. The van der Waals surface area contributed by atoms with E-state index in [4.69, 9.17) is 0 Å². The van der Waals surface area contributed by atoms with Gasteiger partial charge in [-0.3, -0.25) is 4.79 Å². The smallest absolute Gasteiger partial charge is 0.273 e. The minimum Gasteiger partial charge on any atom is -0.389 e. The number of anilines is 1. The third-order valence-electron chi connectivity index (χ3n) is 7.82. The molecule has 7 rings (SSSR count). The van der Waals surface area contributed by atoms with Gasteiger partial charge in [0.1, 0.15) is 17.2 Å². The van der Waals surface area contributed by atoms with Gasteiger partial charge in [0, 0.05) is 44.0 Å². The average molecular weight is 539 g/mol. The summed E-state index contributed by atoms with van der Waals surface area (Å²) in [5, 5.41) is 22.9. The highest BCUT2D eigenvalue weighted by atomic mass is 19.1. The van der Waals surface area contributed by atoms with Gasteiger partial charge in [-0.15, -0.1) is 0 Å². The Labute approximate surface area is 229 Å². The van der Waals surface area contributed by atoms with Gasteiger partial charge in [0.05, 0.1) is 29.7 Å². The van der Waals surface area contributed by atoms with E-state index in [1.807, 2.05) is 34.9 Å². The molecular weight excluding hydrogens is 511 g/mol. The van der Waals surface area contributed by atoms with Crippen molar-refractivity contribution in [3.8, 4) is 22.6 Å². The topological polar surface area (TPSA) is 105 Å². The monoisotopic (exact) mass is 538 g/mol. The van der Waals surface area contributed by atoms with E-state index in [1.54, 1.807) is 36.0 Å². The standard InChI is InChI=1S/C29H27FN8O2/c1-17-21-6-4-3-5-18(21)9-10-37(17)29(40)25-12-27(26-14-31-35(2)33-26)38-28(32-25)13-24(34-38)22-8-7-19(11-23(22)30)36-15-20(39)16-36/h3-8,11-14,17,20,39H,9-10,15-16H2,1-2H3/t17-/m1/s1. The van der Waals surface area contributed by atoms with Gasteiger partial charge in [0.15, 0.2) is 5.65 Å². The fourth-order valence-electron chi connectivity index (χ4n) is 5.63. The summed E-state index contributed by atoms with van der Waals surface area (Å²) < 4.78 is 16.9. The second kappa shape index (κ2) is 9.23. The van der Waals surface area contributed by atoms with E-state index in [0.717, 1.165) is 12.0 Å². The Morgan fingerprint density at radius 3 is 2.62 bits per heavy atom. The van der Waals surface area contributed by atoms with Gasteiger partial charge in [0.2, 0.25) is 0 Å². The van der Waals surface area contributed by atoms with Crippen LogP contribution < -0.4 is 4.90 Å². The number of amides is 1. The lowest BCUT2D eigenvalue weighted by molar-refractivity contribution is 0.0671. The number of rotatable bonds is 4. The van der Waals surface area contributed by atoms with Crippen LogP contribution in [0.5, 0.6) is 0 Å². The molecule has 2 aliphatic heterocycles. The van der Waals surface area contributed by atoms with E-state index < -0.39 is 5.82 Å². The van der Waals surface area contributed by atoms with E-state index >= 15 is 4.39 Å². The summed E-state index contributed by atoms with van der Waals surface area (Å²) >= 11 is 0. The summed E-state index contributed by atoms with van der Waals surface area (Å²) in [6.45, 7) is 3.58. The molecule has 1 N–H and O–H groups in total. The van der Waals surface area contributed by atoms with Crippen LogP contribution in [0, 0.1) is 5.82 Å². The molecule has 0 bridgehead atoms. The molecule has 0 radical (unpaired) electrons. The second-order valence-corrected chi connectivity index (χ2v) is 10.4. The van der Waals surface area contributed by atoms with Gasteiger partial charge >= 0.3 is 0 Å². The Kier molecular flexibility index (Phi) is 5.63. The largest absolute Gasteiger partial charge is 0.389 e. The highest BCUT2D eigenvalue weighted by Gasteiger charge is 2.30. The number of benzene rings is 2. The van der Waals surface area contributed by atoms with E-state index in [-0.39, 0.29) is 23.7 Å². The summed E-state index contributed by atoms with van der Waals surface area (Å²) in [4.78, 5) is 23.7. The molecule has 0 aliphatic carbocycles. The fourth-order valence-corrected chi connectivity index (χ4v) is 5.63. The first kappa shape index (κ1) is 24.4. The van der Waals surface area contributed by atoms with Crippen LogP contribution in [0.4, 0.5) is 10.1 Å². The molecule has 1 saturated heterocycles. The predicted molar refractivity (Wildman–Crippen MR) is 146 cm³/mol. The zero-order chi connectivity index (χ0) is 27.5. The SMILES string of the molecule is C[C@@H]1c2ccccc2CCN1C(=O)c1cc(-c2cnn(C)n2)n2nc(-c3ccc(N4CC(O)C4)cc3F)cc2n1. The summed E-state index contributed by atoms with van der Waals surface area (Å²) in [5.41, 5.74) is 5.51. The molecule has 2 aliphatic rings. The minimum atomic E-state index is -0.430. The number of β-amino-alcohol motifs (C(OH)–C–C–N with tert-alkyl or cyclic N) is 1. The first-order valence-electron chi connectivity index (χ1n) is 13.2. The third kappa shape index (κ3) is 4.01. The molecule has 10 nitrogen and oxygen atoms in total. The Balaban J connectivity index is 1.30. The Bertz CT molecular complexity index is 1770. The van der Waals surface area contributed by atoms with Crippen molar-refractivity contribution in [2.75, 3.05) is 24.5 Å². The predicted octanol–water partition coefficient (Wildman–Crippen LogP) is 3.27. The minimum absolute atomic E-state index is 0.101. The number of aromatic nitrogens is 6. The van der Waals surface area contributed by atoms with Crippen LogP contribution in [0.2, 0.25) is 0 Å². The highest BCUT2D eigenvalue weighted by Crippen LogP contribution is 2.32. The number of aliphatic hydroxyl groups is 1. The van der Waals surface area contributed by atoms with Crippen LogP contribution >= 0.6 is 0 Å².